The van der Waals surface area contributed by atoms with Crippen LogP contribution in [0.3, 0.4) is 0 Å². The Balaban J connectivity index is 1.76. The third-order valence-electron chi connectivity index (χ3n) is 4.02. The first-order chi connectivity index (χ1) is 12.6. The van der Waals surface area contributed by atoms with Gasteiger partial charge in [0.2, 0.25) is 0 Å². The summed E-state index contributed by atoms with van der Waals surface area (Å²) in [4.78, 5) is 21.9. The van der Waals surface area contributed by atoms with E-state index >= 15 is 0 Å². The Bertz CT molecular complexity index is 748. The zero-order chi connectivity index (χ0) is 18.4. The number of hydroxylamine groups is 2. The molecule has 0 saturated carbocycles. The van der Waals surface area contributed by atoms with Crippen LogP contribution in [0.15, 0.2) is 42.5 Å². The minimum Gasteiger partial charge on any atom is -0.481 e. The number of hydrogen-bond donors (Lipinski definition) is 1. The van der Waals surface area contributed by atoms with Gasteiger partial charge in [-0.15, -0.1) is 4.99 Å². The van der Waals surface area contributed by atoms with Crippen molar-refractivity contribution in [1.29, 1.82) is 0 Å². The second-order valence-corrected chi connectivity index (χ2v) is 7.61. The van der Waals surface area contributed by atoms with Crippen LogP contribution in [0.2, 0.25) is 5.02 Å². The van der Waals surface area contributed by atoms with Crippen molar-refractivity contribution in [1.82, 2.24) is 5.06 Å². The first kappa shape index (κ1) is 19.2. The molecule has 0 bridgehead atoms. The maximum atomic E-state index is 11.0. The third-order valence-corrected chi connectivity index (χ3v) is 5.22. The normalized spacial score (nSPS) is 15.1. The number of halogens is 1. The molecule has 5 nitrogen and oxygen atoms in total. The van der Waals surface area contributed by atoms with E-state index in [-0.39, 0.29) is 13.0 Å². The molecule has 0 amide bonds. The fourth-order valence-electron chi connectivity index (χ4n) is 2.75. The van der Waals surface area contributed by atoms with Crippen molar-refractivity contribution in [2.75, 3.05) is 24.6 Å². The van der Waals surface area contributed by atoms with Gasteiger partial charge in [-0.05, 0) is 34.4 Å². The Hall–Kier alpha value is -1.57. The first-order valence-electron chi connectivity index (χ1n) is 8.33. The fourth-order valence-corrected chi connectivity index (χ4v) is 3.74. The molecule has 0 spiro atoms. The quantitative estimate of drug-likeness (QED) is 0.565. The van der Waals surface area contributed by atoms with E-state index in [0.717, 1.165) is 46.8 Å². The Morgan fingerprint density at radius 3 is 2.58 bits per heavy atom. The molecule has 0 aromatic heterocycles. The van der Waals surface area contributed by atoms with Gasteiger partial charge in [0.15, 0.2) is 0 Å². The lowest BCUT2D eigenvalue weighted by Crippen LogP contribution is -2.32. The number of thioether (sulfide) groups is 1. The molecule has 2 aromatic rings. The molecule has 1 aliphatic heterocycles. The van der Waals surface area contributed by atoms with Crippen molar-refractivity contribution in [3.8, 4) is 11.1 Å². The van der Waals surface area contributed by atoms with E-state index in [2.05, 4.69) is 0 Å². The number of hydrogen-bond acceptors (Lipinski definition) is 5. The predicted octanol–water partition coefficient (Wildman–Crippen LogP) is 4.05. The van der Waals surface area contributed by atoms with E-state index in [1.807, 2.05) is 54.2 Å². The SMILES string of the molecule is O=C(O)Cc1ccc(-c2ccc(Cl)cc2)c(COON2CCSCC2)c1. The number of rotatable bonds is 7. The Morgan fingerprint density at radius 2 is 1.88 bits per heavy atom. The highest BCUT2D eigenvalue weighted by atomic mass is 35.5. The van der Waals surface area contributed by atoms with Gasteiger partial charge in [-0.3, -0.25) is 4.79 Å². The second kappa shape index (κ2) is 9.39. The van der Waals surface area contributed by atoms with Crippen molar-refractivity contribution >= 4 is 29.3 Å². The topological polar surface area (TPSA) is 59.0 Å². The molecule has 1 saturated heterocycles. The Labute approximate surface area is 161 Å². The monoisotopic (exact) mass is 393 g/mol. The summed E-state index contributed by atoms with van der Waals surface area (Å²) in [6.07, 6.45) is -0.0297. The number of aliphatic carboxylic acids is 1. The highest BCUT2D eigenvalue weighted by Gasteiger charge is 2.13. The second-order valence-electron chi connectivity index (χ2n) is 5.95. The van der Waals surface area contributed by atoms with Crippen molar-refractivity contribution in [2.45, 2.75) is 13.0 Å². The van der Waals surface area contributed by atoms with Gasteiger partial charge in [0, 0.05) is 29.6 Å². The molecule has 3 rings (SSSR count). The average Bonchev–Trinajstić information content (AvgIpc) is 2.63. The molecular weight excluding hydrogens is 374 g/mol. The fraction of sp³-hybridized carbons (Fsp3) is 0.316. The van der Waals surface area contributed by atoms with Crippen LogP contribution in [0.5, 0.6) is 0 Å². The lowest BCUT2D eigenvalue weighted by Gasteiger charge is -2.23. The van der Waals surface area contributed by atoms with Gasteiger partial charge in [0.25, 0.3) is 0 Å². The van der Waals surface area contributed by atoms with E-state index in [0.29, 0.717) is 5.02 Å². The summed E-state index contributed by atoms with van der Waals surface area (Å²) in [5.41, 5.74) is 3.55. The highest BCUT2D eigenvalue weighted by molar-refractivity contribution is 7.99. The molecule has 138 valence electrons. The van der Waals surface area contributed by atoms with E-state index in [1.54, 1.807) is 5.06 Å². The van der Waals surface area contributed by atoms with Gasteiger partial charge >= 0.3 is 5.97 Å². The molecule has 2 aromatic carbocycles. The third kappa shape index (κ3) is 5.46. The number of nitrogens with zero attached hydrogens (tertiary/aromatic N) is 1. The van der Waals surface area contributed by atoms with Gasteiger partial charge in [-0.1, -0.05) is 41.9 Å². The Kier molecular flexibility index (Phi) is 6.93. The predicted molar refractivity (Wildman–Crippen MR) is 103 cm³/mol. The molecule has 26 heavy (non-hydrogen) atoms. The van der Waals surface area contributed by atoms with Gasteiger partial charge in [0.05, 0.1) is 6.42 Å². The number of carboxylic acid groups (broad SMARTS) is 1. The molecule has 0 atom stereocenters. The molecule has 0 unspecified atom stereocenters. The maximum absolute atomic E-state index is 11.0. The minimum atomic E-state index is -0.863. The highest BCUT2D eigenvalue weighted by Crippen LogP contribution is 2.27. The van der Waals surface area contributed by atoms with Crippen LogP contribution in [0.1, 0.15) is 11.1 Å². The van der Waals surface area contributed by atoms with E-state index in [4.69, 9.17) is 26.6 Å². The van der Waals surface area contributed by atoms with Crippen molar-refractivity contribution in [3.63, 3.8) is 0 Å². The molecule has 1 aliphatic rings. The van der Waals surface area contributed by atoms with Gasteiger partial charge in [0.1, 0.15) is 6.61 Å². The Morgan fingerprint density at radius 1 is 1.15 bits per heavy atom. The zero-order valence-corrected chi connectivity index (χ0v) is 15.8. The largest absolute Gasteiger partial charge is 0.481 e. The van der Waals surface area contributed by atoms with Crippen LogP contribution >= 0.6 is 23.4 Å². The van der Waals surface area contributed by atoms with E-state index < -0.39 is 5.97 Å². The van der Waals surface area contributed by atoms with Crippen LogP contribution in [0, 0.1) is 0 Å². The van der Waals surface area contributed by atoms with Crippen molar-refractivity contribution in [3.05, 3.63) is 58.6 Å². The maximum Gasteiger partial charge on any atom is 0.307 e. The summed E-state index contributed by atoms with van der Waals surface area (Å²) in [5, 5.41) is 11.5. The van der Waals surface area contributed by atoms with Crippen LogP contribution in [0.25, 0.3) is 11.1 Å². The minimum absolute atomic E-state index is 0.0297. The number of carbonyl (C=O) groups is 1. The first-order valence-corrected chi connectivity index (χ1v) is 9.87. The summed E-state index contributed by atoms with van der Waals surface area (Å²) in [7, 11) is 0. The molecule has 1 fully saturated rings. The molecule has 0 radical (unpaired) electrons. The van der Waals surface area contributed by atoms with E-state index in [1.165, 1.54) is 0 Å². The summed E-state index contributed by atoms with van der Waals surface area (Å²) in [5.74, 6) is 1.18. The van der Waals surface area contributed by atoms with Crippen LogP contribution in [0.4, 0.5) is 0 Å². The molecule has 7 heteroatoms. The van der Waals surface area contributed by atoms with Crippen LogP contribution < -0.4 is 0 Å². The van der Waals surface area contributed by atoms with Gasteiger partial charge in [-0.25, -0.2) is 4.89 Å². The van der Waals surface area contributed by atoms with E-state index in [9.17, 15) is 4.79 Å². The van der Waals surface area contributed by atoms with Gasteiger partial charge in [-0.2, -0.15) is 16.8 Å². The van der Waals surface area contributed by atoms with Crippen LogP contribution in [-0.4, -0.2) is 40.7 Å². The average molecular weight is 394 g/mol. The summed E-state index contributed by atoms with van der Waals surface area (Å²) in [6.45, 7) is 1.89. The zero-order valence-electron chi connectivity index (χ0n) is 14.2. The lowest BCUT2D eigenvalue weighted by molar-refractivity contribution is -0.431. The number of carboxylic acids is 1. The van der Waals surface area contributed by atoms with Crippen molar-refractivity contribution in [2.24, 2.45) is 0 Å². The van der Waals surface area contributed by atoms with Crippen LogP contribution in [-0.2, 0) is 27.7 Å². The standard InChI is InChI=1S/C19H20ClNO4S/c20-17-4-2-15(3-5-17)18-6-1-14(12-19(22)23)11-16(18)13-24-25-21-7-9-26-10-8-21/h1-6,11H,7-10,12-13H2,(H,22,23). The molecule has 0 aliphatic carbocycles. The molecule has 1 heterocycles. The lowest BCUT2D eigenvalue weighted by atomic mass is 9.97. The summed E-state index contributed by atoms with van der Waals surface area (Å²) >= 11 is 7.87. The smallest absolute Gasteiger partial charge is 0.307 e. The summed E-state index contributed by atoms with van der Waals surface area (Å²) < 4.78 is 0. The van der Waals surface area contributed by atoms with Crippen molar-refractivity contribution < 1.29 is 19.8 Å². The molecular formula is C19H20ClNO4S. The molecule has 1 N–H and O–H groups in total. The van der Waals surface area contributed by atoms with Gasteiger partial charge < -0.3 is 5.11 Å². The number of benzene rings is 2. The summed E-state index contributed by atoms with van der Waals surface area (Å²) in [6, 6.07) is 13.1.